The highest BCUT2D eigenvalue weighted by atomic mass is 16.1. The van der Waals surface area contributed by atoms with Gasteiger partial charge in [0.1, 0.15) is 12.2 Å². The van der Waals surface area contributed by atoms with Crippen LogP contribution in [0.5, 0.6) is 0 Å². The Morgan fingerprint density at radius 1 is 1.13 bits per heavy atom. The minimum Gasteiger partial charge on any atom is -0.268 e. The third kappa shape index (κ3) is 2.67. The van der Waals surface area contributed by atoms with Crippen molar-refractivity contribution in [3.8, 4) is 5.69 Å². The number of benzene rings is 1. The van der Waals surface area contributed by atoms with Crippen molar-refractivity contribution in [1.29, 1.82) is 0 Å². The number of H-pyrrole nitrogens is 1. The van der Waals surface area contributed by atoms with E-state index >= 15 is 0 Å². The normalized spacial score (nSPS) is 13.2. The number of aromatic nitrogens is 5. The number of nitrogens with one attached hydrogen (secondary N) is 1. The number of rotatable bonds is 4. The molecule has 116 valence electrons. The van der Waals surface area contributed by atoms with Crippen LogP contribution in [0.2, 0.25) is 0 Å². The first-order chi connectivity index (χ1) is 11.3. The molecule has 1 aliphatic rings. The van der Waals surface area contributed by atoms with E-state index < -0.39 is 0 Å². The minimum absolute atomic E-state index is 0.184. The highest BCUT2D eigenvalue weighted by Gasteiger charge is 2.17. The molecule has 0 atom stereocenters. The Morgan fingerprint density at radius 2 is 2.09 bits per heavy atom. The molecule has 3 aromatic rings. The molecule has 2 aromatic heterocycles. The van der Waals surface area contributed by atoms with Crippen LogP contribution in [0.15, 0.2) is 41.5 Å². The first kappa shape index (κ1) is 13.9. The lowest BCUT2D eigenvalue weighted by Crippen LogP contribution is -2.10. The Kier molecular flexibility index (Phi) is 3.49. The van der Waals surface area contributed by atoms with Gasteiger partial charge in [-0.15, -0.1) is 0 Å². The molecular formula is C17H17N5O. The van der Waals surface area contributed by atoms with Crippen molar-refractivity contribution in [2.75, 3.05) is 0 Å². The van der Waals surface area contributed by atoms with E-state index in [1.165, 1.54) is 23.6 Å². The van der Waals surface area contributed by atoms with Gasteiger partial charge in [-0.05, 0) is 48.9 Å². The highest BCUT2D eigenvalue weighted by Crippen LogP contribution is 2.27. The minimum atomic E-state index is -0.184. The number of hydrogen-bond acceptors (Lipinski definition) is 4. The van der Waals surface area contributed by atoms with Crippen LogP contribution >= 0.6 is 0 Å². The molecule has 0 radical (unpaired) electrons. The summed E-state index contributed by atoms with van der Waals surface area (Å²) in [6.07, 6.45) is 6.50. The zero-order chi connectivity index (χ0) is 15.6. The fourth-order valence-corrected chi connectivity index (χ4v) is 3.19. The summed E-state index contributed by atoms with van der Waals surface area (Å²) in [5.41, 5.74) is 4.61. The first-order valence-corrected chi connectivity index (χ1v) is 7.86. The van der Waals surface area contributed by atoms with Crippen molar-refractivity contribution >= 4 is 0 Å². The van der Waals surface area contributed by atoms with Gasteiger partial charge in [0.05, 0.1) is 11.4 Å². The Hall–Kier alpha value is -2.76. The molecule has 6 nitrogen and oxygen atoms in total. The molecule has 0 bridgehead atoms. The Balaban J connectivity index is 1.60. The molecular weight excluding hydrogens is 290 g/mol. The third-order valence-electron chi connectivity index (χ3n) is 4.31. The van der Waals surface area contributed by atoms with Gasteiger partial charge >= 0.3 is 0 Å². The maximum atomic E-state index is 11.1. The molecule has 0 aliphatic heterocycles. The fraction of sp³-hybridized carbons (Fsp3) is 0.294. The van der Waals surface area contributed by atoms with Crippen molar-refractivity contribution in [2.24, 2.45) is 0 Å². The third-order valence-corrected chi connectivity index (χ3v) is 4.31. The Bertz CT molecular complexity index is 875. The maximum Gasteiger partial charge on any atom is 0.264 e. The summed E-state index contributed by atoms with van der Waals surface area (Å²) >= 11 is 0. The number of aromatic amines is 1. The van der Waals surface area contributed by atoms with Crippen molar-refractivity contribution in [3.05, 3.63) is 69.7 Å². The number of fused-ring (bicyclic) bond motifs is 1. The van der Waals surface area contributed by atoms with Crippen LogP contribution in [0.1, 0.15) is 29.1 Å². The Labute approximate surface area is 133 Å². The predicted molar refractivity (Wildman–Crippen MR) is 85.6 cm³/mol. The fourth-order valence-electron chi connectivity index (χ4n) is 3.19. The molecule has 0 saturated heterocycles. The number of aryl methyl sites for hydroxylation is 3. The van der Waals surface area contributed by atoms with E-state index in [0.29, 0.717) is 6.42 Å². The summed E-state index contributed by atoms with van der Waals surface area (Å²) in [6, 6.07) is 9.65. The molecule has 4 rings (SSSR count). The number of nitrogens with zero attached hydrogens (tertiary/aromatic N) is 4. The Morgan fingerprint density at radius 3 is 2.96 bits per heavy atom. The second-order valence-electron chi connectivity index (χ2n) is 5.77. The lowest BCUT2D eigenvalue weighted by Gasteiger charge is -2.10. The largest absolute Gasteiger partial charge is 0.268 e. The van der Waals surface area contributed by atoms with Crippen molar-refractivity contribution in [1.82, 2.24) is 25.0 Å². The SMILES string of the molecule is O=c1ccc(CCc2ncnn2-c2cccc3c2CCC3)n[nH]1. The summed E-state index contributed by atoms with van der Waals surface area (Å²) in [5, 5.41) is 10.9. The maximum absolute atomic E-state index is 11.1. The zero-order valence-corrected chi connectivity index (χ0v) is 12.7. The smallest absolute Gasteiger partial charge is 0.264 e. The zero-order valence-electron chi connectivity index (χ0n) is 12.7. The molecule has 1 aromatic carbocycles. The molecule has 1 N–H and O–H groups in total. The molecule has 0 fully saturated rings. The standard InChI is InChI=1S/C17H17N5O/c23-17-10-8-13(20-21-17)7-9-16-18-11-19-22(16)15-6-2-4-12-3-1-5-14(12)15/h2,4,6,8,10-11H,1,3,5,7,9H2,(H,21,23). The van der Waals surface area contributed by atoms with E-state index in [1.54, 1.807) is 12.4 Å². The van der Waals surface area contributed by atoms with Gasteiger partial charge in [-0.1, -0.05) is 12.1 Å². The second-order valence-corrected chi connectivity index (χ2v) is 5.77. The quantitative estimate of drug-likeness (QED) is 0.794. The van der Waals surface area contributed by atoms with Crippen LogP contribution in [0.3, 0.4) is 0 Å². The molecule has 6 heteroatoms. The highest BCUT2D eigenvalue weighted by molar-refractivity contribution is 5.48. The lowest BCUT2D eigenvalue weighted by molar-refractivity contribution is 0.745. The average molecular weight is 307 g/mol. The van der Waals surface area contributed by atoms with Gasteiger partial charge in [0.15, 0.2) is 0 Å². The second kappa shape index (κ2) is 5.79. The molecule has 23 heavy (non-hydrogen) atoms. The van der Waals surface area contributed by atoms with Gasteiger partial charge in [-0.25, -0.2) is 14.8 Å². The van der Waals surface area contributed by atoms with Crippen LogP contribution in [0, 0.1) is 0 Å². The van der Waals surface area contributed by atoms with E-state index in [1.807, 2.05) is 4.68 Å². The predicted octanol–water partition coefficient (Wildman–Crippen LogP) is 1.62. The molecule has 1 aliphatic carbocycles. The van der Waals surface area contributed by atoms with Gasteiger partial charge in [-0.2, -0.15) is 10.2 Å². The molecule has 2 heterocycles. The topological polar surface area (TPSA) is 76.5 Å². The summed E-state index contributed by atoms with van der Waals surface area (Å²) in [4.78, 5) is 15.5. The monoisotopic (exact) mass is 307 g/mol. The lowest BCUT2D eigenvalue weighted by atomic mass is 10.1. The summed E-state index contributed by atoms with van der Waals surface area (Å²) in [6.45, 7) is 0. The van der Waals surface area contributed by atoms with Gasteiger partial charge in [0.2, 0.25) is 0 Å². The summed E-state index contributed by atoms with van der Waals surface area (Å²) in [5.74, 6) is 0.915. The van der Waals surface area contributed by atoms with Gasteiger partial charge in [-0.3, -0.25) is 4.79 Å². The molecule has 0 unspecified atom stereocenters. The van der Waals surface area contributed by atoms with E-state index in [-0.39, 0.29) is 5.56 Å². The molecule has 0 saturated carbocycles. The van der Waals surface area contributed by atoms with Gasteiger partial charge in [0.25, 0.3) is 5.56 Å². The van der Waals surface area contributed by atoms with E-state index in [2.05, 4.69) is 38.5 Å². The first-order valence-electron chi connectivity index (χ1n) is 7.86. The van der Waals surface area contributed by atoms with Crippen molar-refractivity contribution in [2.45, 2.75) is 32.1 Å². The van der Waals surface area contributed by atoms with Crippen LogP contribution in [-0.2, 0) is 25.7 Å². The van der Waals surface area contributed by atoms with Crippen LogP contribution < -0.4 is 5.56 Å². The van der Waals surface area contributed by atoms with Crippen LogP contribution in [-0.4, -0.2) is 25.0 Å². The van der Waals surface area contributed by atoms with E-state index in [9.17, 15) is 4.79 Å². The number of hydrogen-bond donors (Lipinski definition) is 1. The summed E-state index contributed by atoms with van der Waals surface area (Å²) in [7, 11) is 0. The molecule has 0 spiro atoms. The van der Waals surface area contributed by atoms with E-state index in [4.69, 9.17) is 0 Å². The summed E-state index contributed by atoms with van der Waals surface area (Å²) < 4.78 is 1.94. The van der Waals surface area contributed by atoms with Crippen molar-refractivity contribution < 1.29 is 0 Å². The average Bonchev–Trinajstić information content (AvgIpc) is 3.23. The van der Waals surface area contributed by atoms with Crippen LogP contribution in [0.25, 0.3) is 5.69 Å². The van der Waals surface area contributed by atoms with Crippen LogP contribution in [0.4, 0.5) is 0 Å². The van der Waals surface area contributed by atoms with E-state index in [0.717, 1.165) is 36.5 Å². The molecule has 0 amide bonds. The van der Waals surface area contributed by atoms with Crippen molar-refractivity contribution in [3.63, 3.8) is 0 Å². The van der Waals surface area contributed by atoms with Gasteiger partial charge < -0.3 is 0 Å². The van der Waals surface area contributed by atoms with Gasteiger partial charge in [0, 0.05) is 12.5 Å².